The lowest BCUT2D eigenvalue weighted by Crippen LogP contribution is -2.52. The summed E-state index contributed by atoms with van der Waals surface area (Å²) in [4.78, 5) is 52.3. The summed E-state index contributed by atoms with van der Waals surface area (Å²) in [6, 6.07) is -1.43. The number of nitrogens with zero attached hydrogens (tertiary/aromatic N) is 2. The van der Waals surface area contributed by atoms with E-state index in [1.807, 2.05) is 0 Å². The molecule has 2 atom stereocenters. The molecule has 0 aromatic rings. The molecule has 2 aliphatic heterocycles. The number of hydrogen-bond donors (Lipinski definition) is 2. The Kier molecular flexibility index (Phi) is 8.40. The number of rotatable bonds is 6. The highest BCUT2D eigenvalue weighted by Gasteiger charge is 2.40. The van der Waals surface area contributed by atoms with E-state index in [4.69, 9.17) is 4.74 Å². The fraction of sp³-hybridized carbons (Fsp3) is 0.800. The molecule has 2 saturated heterocycles. The Bertz CT molecular complexity index is 657. The Hall–Kier alpha value is -1.97. The number of aliphatic carboxylic acids is 1. The SMILES string of the molecule is CSCC(NC(=O)C1CCN(C(=O)C2CCCN2C(=O)OC(C)(C)C)CC1)C(=O)O. The van der Waals surface area contributed by atoms with Crippen LogP contribution in [0.4, 0.5) is 4.79 Å². The molecule has 2 heterocycles. The lowest BCUT2D eigenvalue weighted by Gasteiger charge is -2.35. The van der Waals surface area contributed by atoms with Crippen molar-refractivity contribution in [3.05, 3.63) is 0 Å². The number of carbonyl (C=O) groups excluding carboxylic acids is 3. The number of carboxylic acids is 1. The third-order valence-corrected chi connectivity index (χ3v) is 5.96. The van der Waals surface area contributed by atoms with Gasteiger partial charge in [-0.25, -0.2) is 9.59 Å². The second kappa shape index (κ2) is 10.4. The predicted octanol–water partition coefficient (Wildman–Crippen LogP) is 1.56. The lowest BCUT2D eigenvalue weighted by atomic mass is 9.95. The first-order valence-electron chi connectivity index (χ1n) is 10.3. The van der Waals surface area contributed by atoms with Gasteiger partial charge >= 0.3 is 12.1 Å². The van der Waals surface area contributed by atoms with E-state index in [-0.39, 0.29) is 17.7 Å². The highest BCUT2D eigenvalue weighted by atomic mass is 32.2. The number of carbonyl (C=O) groups is 4. The van der Waals surface area contributed by atoms with Gasteiger partial charge in [-0.1, -0.05) is 0 Å². The summed E-state index contributed by atoms with van der Waals surface area (Å²) in [7, 11) is 0. The van der Waals surface area contributed by atoms with Gasteiger partial charge in [-0.05, 0) is 52.7 Å². The molecule has 0 aliphatic carbocycles. The number of ether oxygens (including phenoxy) is 1. The van der Waals surface area contributed by atoms with Crippen LogP contribution < -0.4 is 5.32 Å². The van der Waals surface area contributed by atoms with E-state index < -0.39 is 29.7 Å². The Morgan fingerprint density at radius 2 is 1.77 bits per heavy atom. The summed E-state index contributed by atoms with van der Waals surface area (Å²) in [5.74, 6) is -1.44. The zero-order chi connectivity index (χ0) is 22.5. The van der Waals surface area contributed by atoms with Crippen molar-refractivity contribution in [2.75, 3.05) is 31.6 Å². The van der Waals surface area contributed by atoms with E-state index in [1.54, 1.807) is 31.9 Å². The molecule has 2 aliphatic rings. The zero-order valence-corrected chi connectivity index (χ0v) is 19.0. The Morgan fingerprint density at radius 1 is 1.13 bits per heavy atom. The minimum absolute atomic E-state index is 0.108. The first-order chi connectivity index (χ1) is 14.0. The molecule has 0 radical (unpaired) electrons. The summed E-state index contributed by atoms with van der Waals surface area (Å²) in [6.45, 7) is 6.70. The third kappa shape index (κ3) is 6.52. The van der Waals surface area contributed by atoms with Crippen molar-refractivity contribution in [2.45, 2.75) is 64.1 Å². The topological polar surface area (TPSA) is 116 Å². The van der Waals surface area contributed by atoms with Crippen LogP contribution in [0.5, 0.6) is 0 Å². The van der Waals surface area contributed by atoms with Gasteiger partial charge in [-0.15, -0.1) is 0 Å². The molecule has 2 rings (SSSR count). The van der Waals surface area contributed by atoms with Crippen LogP contribution in [-0.4, -0.2) is 88.1 Å². The summed E-state index contributed by atoms with van der Waals surface area (Å²) < 4.78 is 5.43. The van der Waals surface area contributed by atoms with Gasteiger partial charge in [0, 0.05) is 31.3 Å². The largest absolute Gasteiger partial charge is 0.480 e. The summed E-state index contributed by atoms with van der Waals surface area (Å²) >= 11 is 1.36. The number of nitrogens with one attached hydrogen (secondary N) is 1. The van der Waals surface area contributed by atoms with Gasteiger partial charge in [0.2, 0.25) is 11.8 Å². The monoisotopic (exact) mass is 443 g/mol. The van der Waals surface area contributed by atoms with E-state index in [0.29, 0.717) is 44.6 Å². The van der Waals surface area contributed by atoms with Crippen LogP contribution in [0, 0.1) is 5.92 Å². The van der Waals surface area contributed by atoms with Crippen molar-refractivity contribution >= 4 is 35.6 Å². The molecule has 2 fully saturated rings. The van der Waals surface area contributed by atoms with Crippen LogP contribution in [0.2, 0.25) is 0 Å². The average Bonchev–Trinajstić information content (AvgIpc) is 3.15. The lowest BCUT2D eigenvalue weighted by molar-refractivity contribution is -0.142. The number of hydrogen-bond acceptors (Lipinski definition) is 6. The molecule has 0 aromatic carbocycles. The normalized spacial score (nSPS) is 21.3. The molecular weight excluding hydrogens is 410 g/mol. The van der Waals surface area contributed by atoms with Crippen molar-refractivity contribution in [3.8, 4) is 0 Å². The molecule has 170 valence electrons. The second-order valence-corrected chi connectivity index (χ2v) is 9.70. The van der Waals surface area contributed by atoms with Crippen molar-refractivity contribution < 1.29 is 29.0 Å². The fourth-order valence-electron chi connectivity index (χ4n) is 3.77. The van der Waals surface area contributed by atoms with Crippen LogP contribution in [0.15, 0.2) is 0 Å². The van der Waals surface area contributed by atoms with E-state index in [2.05, 4.69) is 5.32 Å². The highest BCUT2D eigenvalue weighted by Crippen LogP contribution is 2.25. The Labute approximate surface area is 181 Å². The molecule has 9 nitrogen and oxygen atoms in total. The van der Waals surface area contributed by atoms with Gasteiger partial charge in [0.1, 0.15) is 17.7 Å². The van der Waals surface area contributed by atoms with Crippen LogP contribution in [0.3, 0.4) is 0 Å². The summed E-state index contributed by atoms with van der Waals surface area (Å²) in [5.41, 5.74) is -0.622. The first-order valence-corrected chi connectivity index (χ1v) is 11.7. The number of likely N-dealkylation sites (tertiary alicyclic amines) is 2. The number of thioether (sulfide) groups is 1. The van der Waals surface area contributed by atoms with Gasteiger partial charge in [0.15, 0.2) is 0 Å². The maximum atomic E-state index is 13.0. The maximum Gasteiger partial charge on any atom is 0.410 e. The molecule has 2 unspecified atom stereocenters. The van der Waals surface area contributed by atoms with Crippen molar-refractivity contribution in [1.29, 1.82) is 0 Å². The molecule has 10 heteroatoms. The van der Waals surface area contributed by atoms with Gasteiger partial charge in [-0.3, -0.25) is 14.5 Å². The minimum Gasteiger partial charge on any atom is -0.480 e. The van der Waals surface area contributed by atoms with Crippen LogP contribution in [0.1, 0.15) is 46.5 Å². The number of carboxylic acid groups (broad SMARTS) is 1. The van der Waals surface area contributed by atoms with Gasteiger partial charge in [-0.2, -0.15) is 11.8 Å². The summed E-state index contributed by atoms with van der Waals surface area (Å²) in [6.07, 6.45) is 3.62. The Balaban J connectivity index is 1.89. The number of amides is 3. The Morgan fingerprint density at radius 3 is 2.30 bits per heavy atom. The molecule has 30 heavy (non-hydrogen) atoms. The number of piperidine rings is 1. The first kappa shape index (κ1) is 24.3. The molecular formula is C20H33N3O6S. The van der Waals surface area contributed by atoms with Gasteiger partial charge in [0.25, 0.3) is 0 Å². The van der Waals surface area contributed by atoms with Gasteiger partial charge < -0.3 is 20.1 Å². The van der Waals surface area contributed by atoms with Crippen molar-refractivity contribution in [2.24, 2.45) is 5.92 Å². The fourth-order valence-corrected chi connectivity index (χ4v) is 4.33. The van der Waals surface area contributed by atoms with E-state index in [1.165, 1.54) is 16.7 Å². The molecule has 3 amide bonds. The van der Waals surface area contributed by atoms with Gasteiger partial charge in [0.05, 0.1) is 0 Å². The molecule has 0 saturated carbocycles. The van der Waals surface area contributed by atoms with Crippen LogP contribution in [0.25, 0.3) is 0 Å². The van der Waals surface area contributed by atoms with Crippen molar-refractivity contribution in [1.82, 2.24) is 15.1 Å². The maximum absolute atomic E-state index is 13.0. The molecule has 0 bridgehead atoms. The average molecular weight is 444 g/mol. The highest BCUT2D eigenvalue weighted by molar-refractivity contribution is 7.98. The third-order valence-electron chi connectivity index (χ3n) is 5.29. The molecule has 2 N–H and O–H groups in total. The molecule has 0 aromatic heterocycles. The summed E-state index contributed by atoms with van der Waals surface area (Å²) in [5, 5.41) is 11.8. The predicted molar refractivity (Wildman–Crippen MR) is 113 cm³/mol. The second-order valence-electron chi connectivity index (χ2n) is 8.79. The standard InChI is InChI=1S/C20H33N3O6S/c1-20(2,3)29-19(28)23-9-5-6-15(23)17(25)22-10-7-13(8-11-22)16(24)21-14(12-30-4)18(26)27/h13-15H,5-12H2,1-4H3,(H,21,24)(H,26,27). The molecule has 0 spiro atoms. The van der Waals surface area contributed by atoms with E-state index in [0.717, 1.165) is 6.42 Å². The minimum atomic E-state index is -1.05. The van der Waals surface area contributed by atoms with E-state index >= 15 is 0 Å². The quantitative estimate of drug-likeness (QED) is 0.640. The smallest absolute Gasteiger partial charge is 0.410 e. The van der Waals surface area contributed by atoms with Crippen LogP contribution >= 0.6 is 11.8 Å². The zero-order valence-electron chi connectivity index (χ0n) is 18.2. The van der Waals surface area contributed by atoms with E-state index in [9.17, 15) is 24.3 Å². The van der Waals surface area contributed by atoms with Crippen molar-refractivity contribution in [3.63, 3.8) is 0 Å². The van der Waals surface area contributed by atoms with Crippen LogP contribution in [-0.2, 0) is 19.1 Å².